The van der Waals surface area contributed by atoms with Gasteiger partial charge in [-0.05, 0) is 34.1 Å². The zero-order valence-corrected chi connectivity index (χ0v) is 11.6. The minimum absolute atomic E-state index is 0.135. The third kappa shape index (κ3) is 2.88. The molecule has 94 valence electrons. The molecule has 1 aromatic heterocycles. The first kappa shape index (κ1) is 13.0. The van der Waals surface area contributed by atoms with E-state index >= 15 is 0 Å². The van der Waals surface area contributed by atoms with E-state index in [9.17, 15) is 13.5 Å². The van der Waals surface area contributed by atoms with Gasteiger partial charge in [0.05, 0.1) is 10.6 Å². The second kappa shape index (κ2) is 5.07. The van der Waals surface area contributed by atoms with Crippen molar-refractivity contribution in [2.45, 2.75) is 10.6 Å². The SMILES string of the molecule is O=S(=O)(Cc1ncc(Br)cc1O)c1ccccc1. The van der Waals surface area contributed by atoms with Crippen LogP contribution in [-0.4, -0.2) is 18.5 Å². The maximum atomic E-state index is 12.1. The number of pyridine rings is 1. The summed E-state index contributed by atoms with van der Waals surface area (Å²) in [7, 11) is -3.49. The van der Waals surface area contributed by atoms with E-state index in [0.29, 0.717) is 4.47 Å². The predicted octanol–water partition coefficient (Wildman–Crippen LogP) is 2.52. The van der Waals surface area contributed by atoms with E-state index in [4.69, 9.17) is 0 Å². The van der Waals surface area contributed by atoms with Gasteiger partial charge in [-0.1, -0.05) is 18.2 Å². The maximum absolute atomic E-state index is 12.1. The van der Waals surface area contributed by atoms with E-state index in [1.807, 2.05) is 0 Å². The lowest BCUT2D eigenvalue weighted by molar-refractivity contribution is 0.465. The fourth-order valence-electron chi connectivity index (χ4n) is 1.46. The Morgan fingerprint density at radius 3 is 2.50 bits per heavy atom. The lowest BCUT2D eigenvalue weighted by Gasteiger charge is -2.05. The van der Waals surface area contributed by atoms with Crippen LogP contribution in [0.1, 0.15) is 5.69 Å². The molecule has 0 bridgehead atoms. The zero-order valence-electron chi connectivity index (χ0n) is 9.25. The smallest absolute Gasteiger partial charge is 0.184 e. The van der Waals surface area contributed by atoms with Crippen LogP contribution in [0.2, 0.25) is 0 Å². The molecule has 2 aromatic rings. The molecule has 0 fully saturated rings. The van der Waals surface area contributed by atoms with Gasteiger partial charge in [-0.15, -0.1) is 0 Å². The molecule has 0 aliphatic carbocycles. The van der Waals surface area contributed by atoms with Crippen molar-refractivity contribution in [2.24, 2.45) is 0 Å². The molecule has 4 nitrogen and oxygen atoms in total. The van der Waals surface area contributed by atoms with Crippen molar-refractivity contribution >= 4 is 25.8 Å². The van der Waals surface area contributed by atoms with Crippen molar-refractivity contribution in [1.82, 2.24) is 4.98 Å². The second-order valence-corrected chi connectivity index (χ2v) is 6.60. The molecule has 0 atom stereocenters. The van der Waals surface area contributed by atoms with Gasteiger partial charge in [0, 0.05) is 10.7 Å². The summed E-state index contributed by atoms with van der Waals surface area (Å²) in [6, 6.07) is 9.51. The Labute approximate surface area is 113 Å². The molecule has 1 N–H and O–H groups in total. The molecular weight excluding hydrogens is 318 g/mol. The maximum Gasteiger partial charge on any atom is 0.184 e. The summed E-state index contributed by atoms with van der Waals surface area (Å²) in [5.74, 6) is -0.459. The first-order valence-corrected chi connectivity index (χ1v) is 7.55. The van der Waals surface area contributed by atoms with Gasteiger partial charge < -0.3 is 5.11 Å². The molecule has 0 radical (unpaired) electrons. The highest BCUT2D eigenvalue weighted by atomic mass is 79.9. The van der Waals surface area contributed by atoms with E-state index in [1.54, 1.807) is 18.2 Å². The van der Waals surface area contributed by atoms with Crippen LogP contribution in [0, 0.1) is 0 Å². The molecule has 0 saturated heterocycles. The number of sulfone groups is 1. The summed E-state index contributed by atoms with van der Waals surface area (Å²) >= 11 is 3.15. The van der Waals surface area contributed by atoms with Gasteiger partial charge in [-0.3, -0.25) is 4.98 Å². The van der Waals surface area contributed by atoms with Crippen LogP contribution in [0.5, 0.6) is 5.75 Å². The second-order valence-electron chi connectivity index (χ2n) is 3.69. The average molecular weight is 328 g/mol. The largest absolute Gasteiger partial charge is 0.506 e. The Bertz CT molecular complexity index is 656. The van der Waals surface area contributed by atoms with E-state index in [0.717, 1.165) is 0 Å². The summed E-state index contributed by atoms with van der Waals surface area (Å²) < 4.78 is 24.7. The summed E-state index contributed by atoms with van der Waals surface area (Å²) in [5.41, 5.74) is 0.141. The van der Waals surface area contributed by atoms with Crippen molar-refractivity contribution in [3.63, 3.8) is 0 Å². The minimum atomic E-state index is -3.49. The Morgan fingerprint density at radius 2 is 1.89 bits per heavy atom. The van der Waals surface area contributed by atoms with Crippen LogP contribution in [0.4, 0.5) is 0 Å². The Hall–Kier alpha value is -1.40. The number of rotatable bonds is 3. The molecule has 18 heavy (non-hydrogen) atoms. The fraction of sp³-hybridized carbons (Fsp3) is 0.0833. The van der Waals surface area contributed by atoms with Gasteiger partial charge in [-0.25, -0.2) is 8.42 Å². The number of hydrogen-bond acceptors (Lipinski definition) is 4. The summed E-state index contributed by atoms with van der Waals surface area (Å²) in [6.45, 7) is 0. The number of aromatic nitrogens is 1. The van der Waals surface area contributed by atoms with Crippen molar-refractivity contribution in [1.29, 1.82) is 0 Å². The molecule has 0 amide bonds. The zero-order chi connectivity index (χ0) is 13.2. The van der Waals surface area contributed by atoms with Crippen LogP contribution < -0.4 is 0 Å². The van der Waals surface area contributed by atoms with Crippen molar-refractivity contribution in [2.75, 3.05) is 0 Å². The number of nitrogens with zero attached hydrogens (tertiary/aromatic N) is 1. The summed E-state index contributed by atoms with van der Waals surface area (Å²) in [4.78, 5) is 4.13. The molecule has 6 heteroatoms. The third-order valence-corrected chi connectivity index (χ3v) is 4.42. The highest BCUT2D eigenvalue weighted by molar-refractivity contribution is 9.10. The minimum Gasteiger partial charge on any atom is -0.506 e. The molecule has 0 unspecified atom stereocenters. The van der Waals surface area contributed by atoms with Crippen LogP contribution in [0.25, 0.3) is 0 Å². The molecule has 2 rings (SSSR count). The van der Waals surface area contributed by atoms with Crippen LogP contribution in [0.15, 0.2) is 52.0 Å². The molecular formula is C12H10BrNO3S. The standard InChI is InChI=1S/C12H10BrNO3S/c13-9-6-12(15)11(14-7-9)8-18(16,17)10-4-2-1-3-5-10/h1-7,15H,8H2. The number of aromatic hydroxyl groups is 1. The fourth-order valence-corrected chi connectivity index (χ4v) is 3.10. The molecule has 0 saturated carbocycles. The van der Waals surface area contributed by atoms with Crippen molar-refractivity contribution < 1.29 is 13.5 Å². The number of benzene rings is 1. The first-order valence-electron chi connectivity index (χ1n) is 5.10. The highest BCUT2D eigenvalue weighted by Gasteiger charge is 2.18. The van der Waals surface area contributed by atoms with Crippen LogP contribution >= 0.6 is 15.9 Å². The van der Waals surface area contributed by atoms with Crippen molar-refractivity contribution in [3.05, 3.63) is 52.8 Å². The quantitative estimate of drug-likeness (QED) is 0.940. The van der Waals surface area contributed by atoms with E-state index in [1.165, 1.54) is 24.4 Å². The van der Waals surface area contributed by atoms with E-state index < -0.39 is 9.84 Å². The van der Waals surface area contributed by atoms with E-state index in [2.05, 4.69) is 20.9 Å². The van der Waals surface area contributed by atoms with Gasteiger partial charge in [0.15, 0.2) is 9.84 Å². The molecule has 0 aliphatic rings. The Balaban J connectivity index is 2.34. The van der Waals surface area contributed by atoms with Crippen molar-refractivity contribution in [3.8, 4) is 5.75 Å². The van der Waals surface area contributed by atoms with Gasteiger partial charge in [0.1, 0.15) is 11.5 Å². The number of halogens is 1. The van der Waals surface area contributed by atoms with Gasteiger partial charge in [-0.2, -0.15) is 0 Å². The summed E-state index contributed by atoms with van der Waals surface area (Å²) in [5, 5.41) is 9.64. The molecule has 1 aromatic carbocycles. The van der Waals surface area contributed by atoms with Gasteiger partial charge in [0.2, 0.25) is 0 Å². The van der Waals surface area contributed by atoms with Crippen LogP contribution in [-0.2, 0) is 15.6 Å². The van der Waals surface area contributed by atoms with E-state index in [-0.39, 0.29) is 22.1 Å². The predicted molar refractivity (Wildman–Crippen MR) is 70.9 cm³/mol. The number of hydrogen-bond donors (Lipinski definition) is 1. The molecule has 0 spiro atoms. The third-order valence-electron chi connectivity index (χ3n) is 2.34. The summed E-state index contributed by atoms with van der Waals surface area (Å²) in [6.07, 6.45) is 1.45. The van der Waals surface area contributed by atoms with Gasteiger partial charge >= 0.3 is 0 Å². The lowest BCUT2D eigenvalue weighted by Crippen LogP contribution is -2.06. The Morgan fingerprint density at radius 1 is 1.22 bits per heavy atom. The highest BCUT2D eigenvalue weighted by Crippen LogP contribution is 2.23. The first-order chi connectivity index (χ1) is 8.49. The monoisotopic (exact) mass is 327 g/mol. The molecule has 0 aliphatic heterocycles. The molecule has 1 heterocycles. The normalized spacial score (nSPS) is 11.4. The topological polar surface area (TPSA) is 67.3 Å². The lowest BCUT2D eigenvalue weighted by atomic mass is 10.3. The Kier molecular flexibility index (Phi) is 3.68. The van der Waals surface area contributed by atoms with Crippen LogP contribution in [0.3, 0.4) is 0 Å². The van der Waals surface area contributed by atoms with Gasteiger partial charge in [0.25, 0.3) is 0 Å². The average Bonchev–Trinajstić information content (AvgIpc) is 2.34.